The summed E-state index contributed by atoms with van der Waals surface area (Å²) in [7, 11) is 0. The van der Waals surface area contributed by atoms with Crippen LogP contribution in [0, 0.1) is 11.8 Å². The van der Waals surface area contributed by atoms with Crippen LogP contribution in [0.25, 0.3) is 0 Å². The van der Waals surface area contributed by atoms with Gasteiger partial charge in [-0.3, -0.25) is 9.59 Å². The summed E-state index contributed by atoms with van der Waals surface area (Å²) < 4.78 is 16.3. The van der Waals surface area contributed by atoms with Crippen LogP contribution in [0.4, 0.5) is 0 Å². The number of carbonyl (C=O) groups excluding carboxylic acids is 2. The molecule has 132 valence electrons. The fraction of sp³-hybridized carbons (Fsp3) is 0.889. The second kappa shape index (κ2) is 9.26. The average Bonchev–Trinajstić information content (AvgIpc) is 3.33. The molecule has 1 heterocycles. The molecule has 2 fully saturated rings. The Labute approximate surface area is 139 Å². The van der Waals surface area contributed by atoms with Crippen molar-refractivity contribution in [1.29, 1.82) is 0 Å². The van der Waals surface area contributed by atoms with Crippen LogP contribution in [-0.4, -0.2) is 37.4 Å². The molecule has 0 spiro atoms. The zero-order chi connectivity index (χ0) is 16.7. The molecule has 1 aliphatic heterocycles. The highest BCUT2D eigenvalue weighted by Gasteiger charge is 2.57. The maximum absolute atomic E-state index is 12.4. The third-order valence-electron chi connectivity index (χ3n) is 4.73. The molecule has 0 aromatic rings. The lowest BCUT2D eigenvalue weighted by Gasteiger charge is -2.25. The van der Waals surface area contributed by atoms with Crippen LogP contribution in [0.3, 0.4) is 0 Å². The highest BCUT2D eigenvalue weighted by molar-refractivity contribution is 5.83. The van der Waals surface area contributed by atoms with E-state index in [0.29, 0.717) is 19.6 Å². The molecule has 0 N–H and O–H groups in total. The molecule has 0 aromatic carbocycles. The highest BCUT2D eigenvalue weighted by atomic mass is 16.6. The smallest absolute Gasteiger partial charge is 0.312 e. The van der Waals surface area contributed by atoms with Crippen LogP contribution in [0.5, 0.6) is 0 Å². The average molecular weight is 326 g/mol. The molecule has 4 unspecified atom stereocenters. The fourth-order valence-corrected chi connectivity index (χ4v) is 3.27. The number of rotatable bonds is 10. The Kier molecular flexibility index (Phi) is 7.34. The minimum absolute atomic E-state index is 0.132. The maximum Gasteiger partial charge on any atom is 0.312 e. The van der Waals surface area contributed by atoms with Gasteiger partial charge in [0.15, 0.2) is 0 Å². The van der Waals surface area contributed by atoms with E-state index in [1.165, 1.54) is 0 Å². The Morgan fingerprint density at radius 2 is 1.52 bits per heavy atom. The van der Waals surface area contributed by atoms with Crippen molar-refractivity contribution >= 4 is 11.9 Å². The second-order valence-electron chi connectivity index (χ2n) is 6.60. The zero-order valence-corrected chi connectivity index (χ0v) is 14.4. The third kappa shape index (κ3) is 5.20. The van der Waals surface area contributed by atoms with Gasteiger partial charge in [-0.2, -0.15) is 0 Å². The molecule has 0 aromatic heterocycles. The molecule has 23 heavy (non-hydrogen) atoms. The Morgan fingerprint density at radius 3 is 2.13 bits per heavy atom. The molecule has 0 amide bonds. The van der Waals surface area contributed by atoms with Crippen LogP contribution in [-0.2, 0) is 23.8 Å². The Bertz CT molecular complexity index is 395. The van der Waals surface area contributed by atoms with E-state index in [0.717, 1.165) is 44.9 Å². The van der Waals surface area contributed by atoms with Gasteiger partial charge in [0.25, 0.3) is 0 Å². The number of fused-ring (bicyclic) bond motifs is 1. The summed E-state index contributed by atoms with van der Waals surface area (Å²) in [6, 6.07) is 0. The summed E-state index contributed by atoms with van der Waals surface area (Å²) in [6.45, 7) is 5.09. The van der Waals surface area contributed by atoms with Crippen molar-refractivity contribution in [3.63, 3.8) is 0 Å². The first-order chi connectivity index (χ1) is 11.2. The number of hydrogen-bond acceptors (Lipinski definition) is 5. The number of ether oxygens (including phenoxy) is 3. The summed E-state index contributed by atoms with van der Waals surface area (Å²) in [5.41, 5.74) is 0. The zero-order valence-electron chi connectivity index (χ0n) is 14.4. The van der Waals surface area contributed by atoms with E-state index in [9.17, 15) is 9.59 Å². The minimum atomic E-state index is -0.478. The minimum Gasteiger partial charge on any atom is -0.465 e. The van der Waals surface area contributed by atoms with Gasteiger partial charge in [-0.25, -0.2) is 0 Å². The number of esters is 2. The van der Waals surface area contributed by atoms with Gasteiger partial charge in [0.05, 0.1) is 37.3 Å². The van der Waals surface area contributed by atoms with Crippen molar-refractivity contribution in [3.8, 4) is 0 Å². The van der Waals surface area contributed by atoms with Gasteiger partial charge in [0.1, 0.15) is 0 Å². The largest absolute Gasteiger partial charge is 0.465 e. The third-order valence-corrected chi connectivity index (χ3v) is 4.73. The lowest BCUT2D eigenvalue weighted by molar-refractivity contribution is -0.162. The molecule has 4 atom stereocenters. The first-order valence-corrected chi connectivity index (χ1v) is 9.17. The van der Waals surface area contributed by atoms with Crippen LogP contribution in [0.2, 0.25) is 0 Å². The van der Waals surface area contributed by atoms with Crippen LogP contribution >= 0.6 is 0 Å². The fourth-order valence-electron chi connectivity index (χ4n) is 3.27. The van der Waals surface area contributed by atoms with Crippen molar-refractivity contribution in [2.45, 2.75) is 77.4 Å². The number of unbranched alkanes of at least 4 members (excludes halogenated alkanes) is 4. The van der Waals surface area contributed by atoms with Gasteiger partial charge >= 0.3 is 11.9 Å². The summed E-state index contributed by atoms with van der Waals surface area (Å²) in [5, 5.41) is 0. The van der Waals surface area contributed by atoms with Crippen molar-refractivity contribution in [2.24, 2.45) is 11.8 Å². The van der Waals surface area contributed by atoms with Crippen LogP contribution < -0.4 is 0 Å². The normalized spacial score (nSPS) is 28.8. The molecule has 2 aliphatic rings. The standard InChI is InChI=1S/C18H30O5/c1-3-5-7-11-21-17(19)13-9-10-14-16(23-14)15(13)18(20)22-12-8-6-4-2/h13-16H,3-12H2,1-2H3. The number of carbonyl (C=O) groups is 2. The van der Waals surface area contributed by atoms with Crippen LogP contribution in [0.1, 0.15) is 65.2 Å². The molecule has 1 saturated carbocycles. The molecule has 5 heteroatoms. The van der Waals surface area contributed by atoms with E-state index in [2.05, 4.69) is 13.8 Å². The SMILES string of the molecule is CCCCCOC(=O)C1CCC2OC2C1C(=O)OCCCCC. The molecule has 5 nitrogen and oxygen atoms in total. The molecular weight excluding hydrogens is 296 g/mol. The number of hydrogen-bond donors (Lipinski definition) is 0. The molecule has 1 saturated heterocycles. The quantitative estimate of drug-likeness (QED) is 0.350. The molecule has 0 bridgehead atoms. The van der Waals surface area contributed by atoms with Crippen molar-refractivity contribution < 1.29 is 23.8 Å². The van der Waals surface area contributed by atoms with Crippen molar-refractivity contribution in [3.05, 3.63) is 0 Å². The summed E-state index contributed by atoms with van der Waals surface area (Å²) in [5.74, 6) is -1.43. The van der Waals surface area contributed by atoms with E-state index >= 15 is 0 Å². The lowest BCUT2D eigenvalue weighted by Crippen LogP contribution is -2.39. The van der Waals surface area contributed by atoms with Crippen molar-refractivity contribution in [2.75, 3.05) is 13.2 Å². The Hall–Kier alpha value is -1.10. The summed E-state index contributed by atoms with van der Waals surface area (Å²) in [6.07, 6.45) is 7.49. The molecule has 2 rings (SSSR count). The highest BCUT2D eigenvalue weighted by Crippen LogP contribution is 2.45. The van der Waals surface area contributed by atoms with Gasteiger partial charge < -0.3 is 14.2 Å². The van der Waals surface area contributed by atoms with Crippen LogP contribution in [0.15, 0.2) is 0 Å². The predicted molar refractivity (Wildman–Crippen MR) is 85.8 cm³/mol. The van der Waals surface area contributed by atoms with Gasteiger partial charge in [0.2, 0.25) is 0 Å². The van der Waals surface area contributed by atoms with E-state index in [4.69, 9.17) is 14.2 Å². The summed E-state index contributed by atoms with van der Waals surface area (Å²) >= 11 is 0. The first-order valence-electron chi connectivity index (χ1n) is 9.17. The van der Waals surface area contributed by atoms with Gasteiger partial charge in [0, 0.05) is 0 Å². The first kappa shape index (κ1) is 18.2. The molecule has 0 radical (unpaired) electrons. The summed E-state index contributed by atoms with van der Waals surface area (Å²) in [4.78, 5) is 24.7. The molecule has 1 aliphatic carbocycles. The number of epoxide rings is 1. The predicted octanol–water partition coefficient (Wildman–Crippen LogP) is 3.25. The molecular formula is C18H30O5. The van der Waals surface area contributed by atoms with Gasteiger partial charge in [-0.05, 0) is 25.7 Å². The van der Waals surface area contributed by atoms with Gasteiger partial charge in [-0.15, -0.1) is 0 Å². The lowest BCUT2D eigenvalue weighted by atomic mass is 9.79. The van der Waals surface area contributed by atoms with E-state index in [1.807, 2.05) is 0 Å². The van der Waals surface area contributed by atoms with E-state index < -0.39 is 11.8 Å². The van der Waals surface area contributed by atoms with Crippen molar-refractivity contribution in [1.82, 2.24) is 0 Å². The Morgan fingerprint density at radius 1 is 0.913 bits per heavy atom. The van der Waals surface area contributed by atoms with E-state index in [-0.39, 0.29) is 24.1 Å². The topological polar surface area (TPSA) is 65.1 Å². The van der Waals surface area contributed by atoms with E-state index in [1.54, 1.807) is 0 Å². The maximum atomic E-state index is 12.4. The second-order valence-corrected chi connectivity index (χ2v) is 6.60. The Balaban J connectivity index is 1.83. The van der Waals surface area contributed by atoms with Gasteiger partial charge in [-0.1, -0.05) is 39.5 Å². The monoisotopic (exact) mass is 326 g/mol.